The van der Waals surface area contributed by atoms with Gasteiger partial charge in [-0.25, -0.2) is 4.68 Å². The number of amides is 1. The minimum Gasteiger partial charge on any atom is -0.349 e. The van der Waals surface area contributed by atoms with Gasteiger partial charge in [0.15, 0.2) is 5.69 Å². The molecule has 2 unspecified atom stereocenters. The number of piperidine rings is 1. The van der Waals surface area contributed by atoms with Crippen molar-refractivity contribution in [1.29, 1.82) is 0 Å². The fraction of sp³-hybridized carbons (Fsp3) is 0.571. The van der Waals surface area contributed by atoms with Crippen molar-refractivity contribution in [1.82, 2.24) is 25.2 Å². The van der Waals surface area contributed by atoms with E-state index < -0.39 is 0 Å². The Labute approximate surface area is 172 Å². The van der Waals surface area contributed by atoms with Gasteiger partial charge in [-0.15, -0.1) is 5.10 Å². The lowest BCUT2D eigenvalue weighted by Gasteiger charge is -2.45. The van der Waals surface area contributed by atoms with E-state index >= 15 is 0 Å². The zero-order chi connectivity index (χ0) is 20.5. The summed E-state index contributed by atoms with van der Waals surface area (Å²) in [7, 11) is 0. The third kappa shape index (κ3) is 4.55. The highest BCUT2D eigenvalue weighted by Crippen LogP contribution is 2.27. The molecule has 2 atom stereocenters. The minimum atomic E-state index is -0.197. The smallest absolute Gasteiger partial charge is 0.273 e. The molecule has 0 bridgehead atoms. The van der Waals surface area contributed by atoms with Gasteiger partial charge in [-0.2, -0.15) is 0 Å². The summed E-state index contributed by atoms with van der Waals surface area (Å²) in [6.07, 6.45) is 1.27. The highest BCUT2D eigenvalue weighted by atomic mass is 35.5. The summed E-state index contributed by atoms with van der Waals surface area (Å²) < 4.78 is 1.64. The monoisotopic (exact) mass is 403 g/mol. The Balaban J connectivity index is 1.68. The van der Waals surface area contributed by atoms with Gasteiger partial charge < -0.3 is 5.32 Å². The van der Waals surface area contributed by atoms with Crippen LogP contribution < -0.4 is 5.32 Å². The predicted octanol–water partition coefficient (Wildman–Crippen LogP) is 3.72. The maximum atomic E-state index is 12.8. The molecule has 1 N–H and O–H groups in total. The lowest BCUT2D eigenvalue weighted by molar-refractivity contribution is 0.0444. The van der Waals surface area contributed by atoms with Crippen molar-refractivity contribution in [2.75, 3.05) is 19.6 Å². The zero-order valence-corrected chi connectivity index (χ0v) is 18.1. The zero-order valence-electron chi connectivity index (χ0n) is 17.4. The first-order valence-electron chi connectivity index (χ1n) is 9.89. The molecule has 1 aromatic carbocycles. The molecule has 7 heteroatoms. The number of benzene rings is 1. The van der Waals surface area contributed by atoms with Crippen LogP contribution >= 0.6 is 11.6 Å². The van der Waals surface area contributed by atoms with Gasteiger partial charge in [-0.3, -0.25) is 9.69 Å². The van der Waals surface area contributed by atoms with Crippen LogP contribution in [0.25, 0.3) is 5.69 Å². The molecule has 1 aliphatic rings. The largest absolute Gasteiger partial charge is 0.349 e. The van der Waals surface area contributed by atoms with E-state index in [1.807, 2.05) is 19.1 Å². The highest BCUT2D eigenvalue weighted by Gasteiger charge is 2.33. The maximum absolute atomic E-state index is 12.8. The molecule has 1 aromatic heterocycles. The Hall–Kier alpha value is -1.92. The molecule has 6 nitrogen and oxygen atoms in total. The molecule has 152 valence electrons. The van der Waals surface area contributed by atoms with E-state index in [9.17, 15) is 4.79 Å². The molecule has 28 heavy (non-hydrogen) atoms. The Morgan fingerprint density at radius 3 is 2.61 bits per heavy atom. The second kappa shape index (κ2) is 8.21. The number of hydrogen-bond donors (Lipinski definition) is 1. The molecule has 2 aromatic rings. The SMILES string of the molecule is Cc1c(C(=O)NCC(C)(C)N2CC(C)CC(C)C2)nnn1-c1cccc(Cl)c1. The standard InChI is InChI=1S/C21H30ClN5O/c1-14-9-15(2)12-26(11-14)21(4,5)13-23-20(28)19-16(3)27(25-24-19)18-8-6-7-17(22)10-18/h6-8,10,14-15H,9,11-13H2,1-5H3,(H,23,28). The van der Waals surface area contributed by atoms with E-state index in [4.69, 9.17) is 11.6 Å². The summed E-state index contributed by atoms with van der Waals surface area (Å²) in [4.78, 5) is 15.3. The number of halogens is 1. The molecule has 1 aliphatic heterocycles. The second-order valence-electron chi connectivity index (χ2n) is 8.76. The second-order valence-corrected chi connectivity index (χ2v) is 9.20. The van der Waals surface area contributed by atoms with Crippen LogP contribution in [0.15, 0.2) is 24.3 Å². The van der Waals surface area contributed by atoms with Crippen molar-refractivity contribution >= 4 is 17.5 Å². The third-order valence-corrected chi connectivity index (χ3v) is 5.80. The number of hydrogen-bond acceptors (Lipinski definition) is 4. The van der Waals surface area contributed by atoms with Crippen LogP contribution in [0, 0.1) is 18.8 Å². The Morgan fingerprint density at radius 1 is 1.29 bits per heavy atom. The molecule has 1 saturated heterocycles. The van der Waals surface area contributed by atoms with Crippen molar-refractivity contribution < 1.29 is 4.79 Å². The number of carbonyl (C=O) groups is 1. The van der Waals surface area contributed by atoms with Gasteiger partial charge in [0.25, 0.3) is 5.91 Å². The summed E-state index contributed by atoms with van der Waals surface area (Å²) in [5.74, 6) is 1.16. The molecule has 1 amide bonds. The molecule has 0 saturated carbocycles. The quantitative estimate of drug-likeness (QED) is 0.826. The Kier molecular flexibility index (Phi) is 6.10. The van der Waals surface area contributed by atoms with Crippen molar-refractivity contribution in [3.05, 3.63) is 40.7 Å². The fourth-order valence-electron chi connectivity index (χ4n) is 4.04. The lowest BCUT2D eigenvalue weighted by atomic mass is 9.88. The van der Waals surface area contributed by atoms with Crippen molar-refractivity contribution in [3.63, 3.8) is 0 Å². The summed E-state index contributed by atoms with van der Waals surface area (Å²) >= 11 is 6.07. The maximum Gasteiger partial charge on any atom is 0.273 e. The first kappa shape index (κ1) is 20.8. The van der Waals surface area contributed by atoms with Crippen LogP contribution in [0.5, 0.6) is 0 Å². The van der Waals surface area contributed by atoms with Crippen LogP contribution in [0.1, 0.15) is 50.3 Å². The van der Waals surface area contributed by atoms with E-state index in [-0.39, 0.29) is 11.4 Å². The molecule has 0 aliphatic carbocycles. The van der Waals surface area contributed by atoms with Gasteiger partial charge in [0.1, 0.15) is 0 Å². The molecule has 3 rings (SSSR count). The summed E-state index contributed by atoms with van der Waals surface area (Å²) in [6, 6.07) is 7.33. The van der Waals surface area contributed by atoms with Crippen LogP contribution in [-0.2, 0) is 0 Å². The van der Waals surface area contributed by atoms with Crippen molar-refractivity contribution in [2.24, 2.45) is 11.8 Å². The molecular weight excluding hydrogens is 374 g/mol. The van der Waals surface area contributed by atoms with Gasteiger partial charge in [-0.1, -0.05) is 36.7 Å². The first-order valence-corrected chi connectivity index (χ1v) is 10.3. The summed E-state index contributed by atoms with van der Waals surface area (Å²) in [5, 5.41) is 11.9. The molecule has 0 spiro atoms. The molecular formula is C21H30ClN5O. The Morgan fingerprint density at radius 2 is 1.96 bits per heavy atom. The van der Waals surface area contributed by atoms with Crippen molar-refractivity contribution in [2.45, 2.75) is 46.6 Å². The first-order chi connectivity index (χ1) is 13.2. The predicted molar refractivity (Wildman–Crippen MR) is 112 cm³/mol. The van der Waals surface area contributed by atoms with Gasteiger partial charge in [0.2, 0.25) is 0 Å². The van der Waals surface area contributed by atoms with Crippen LogP contribution in [0.3, 0.4) is 0 Å². The van der Waals surface area contributed by atoms with Gasteiger partial charge in [0, 0.05) is 30.2 Å². The van der Waals surface area contributed by atoms with E-state index in [1.165, 1.54) is 6.42 Å². The molecule has 0 radical (unpaired) electrons. The minimum absolute atomic E-state index is 0.116. The highest BCUT2D eigenvalue weighted by molar-refractivity contribution is 6.30. The average molecular weight is 404 g/mol. The van der Waals surface area contributed by atoms with Crippen LogP contribution in [-0.4, -0.2) is 51.0 Å². The number of nitrogens with zero attached hydrogens (tertiary/aromatic N) is 4. The molecule has 2 heterocycles. The van der Waals surface area contributed by atoms with E-state index in [0.29, 0.717) is 34.8 Å². The van der Waals surface area contributed by atoms with Crippen LogP contribution in [0.2, 0.25) is 5.02 Å². The van der Waals surface area contributed by atoms with Crippen molar-refractivity contribution in [3.8, 4) is 5.69 Å². The van der Waals surface area contributed by atoms with Crippen LogP contribution in [0.4, 0.5) is 0 Å². The fourth-order valence-corrected chi connectivity index (χ4v) is 4.23. The lowest BCUT2D eigenvalue weighted by Crippen LogP contribution is -2.56. The normalized spacial score (nSPS) is 20.9. The number of aromatic nitrogens is 3. The molecule has 1 fully saturated rings. The number of carbonyl (C=O) groups excluding carboxylic acids is 1. The number of likely N-dealkylation sites (tertiary alicyclic amines) is 1. The summed E-state index contributed by atoms with van der Waals surface area (Å²) in [5.41, 5.74) is 1.71. The third-order valence-electron chi connectivity index (χ3n) is 5.57. The number of rotatable bonds is 5. The van der Waals surface area contributed by atoms with Gasteiger partial charge in [-0.05, 0) is 57.2 Å². The average Bonchev–Trinajstić information content (AvgIpc) is 3.00. The summed E-state index contributed by atoms with van der Waals surface area (Å²) in [6.45, 7) is 13.5. The van der Waals surface area contributed by atoms with E-state index in [0.717, 1.165) is 18.8 Å². The van der Waals surface area contributed by atoms with Gasteiger partial charge >= 0.3 is 0 Å². The van der Waals surface area contributed by atoms with E-state index in [2.05, 4.69) is 48.2 Å². The van der Waals surface area contributed by atoms with Gasteiger partial charge in [0.05, 0.1) is 11.4 Å². The van der Waals surface area contributed by atoms with E-state index in [1.54, 1.807) is 16.8 Å². The topological polar surface area (TPSA) is 63.1 Å². The number of nitrogens with one attached hydrogen (secondary N) is 1. The Bertz CT molecular complexity index is 837.